The first-order valence-electron chi connectivity index (χ1n) is 7.41. The van der Waals surface area contributed by atoms with E-state index in [1.807, 2.05) is 51.1 Å². The van der Waals surface area contributed by atoms with Gasteiger partial charge in [0.2, 0.25) is 0 Å². The molecule has 2 N–H and O–H groups in total. The number of phenols is 1. The van der Waals surface area contributed by atoms with Gasteiger partial charge in [-0.2, -0.15) is 0 Å². The molecular formula is C19H22O4. The fraction of sp³-hybridized carbons (Fsp3) is 0.316. The molecule has 0 aliphatic rings. The molecule has 0 spiro atoms. The number of methoxy groups -OCH3 is 1. The van der Waals surface area contributed by atoms with Gasteiger partial charge in [0.15, 0.2) is 0 Å². The van der Waals surface area contributed by atoms with Crippen molar-refractivity contribution in [3.05, 3.63) is 47.0 Å². The van der Waals surface area contributed by atoms with Crippen molar-refractivity contribution in [2.45, 2.75) is 33.1 Å². The summed E-state index contributed by atoms with van der Waals surface area (Å²) in [6, 6.07) is 9.32. The van der Waals surface area contributed by atoms with Crippen LogP contribution < -0.4 is 4.74 Å². The van der Waals surface area contributed by atoms with Gasteiger partial charge < -0.3 is 14.9 Å². The van der Waals surface area contributed by atoms with E-state index < -0.39 is 5.97 Å². The van der Waals surface area contributed by atoms with E-state index in [1.165, 1.54) is 0 Å². The van der Waals surface area contributed by atoms with Gasteiger partial charge in [-0.1, -0.05) is 32.9 Å². The van der Waals surface area contributed by atoms with Crippen LogP contribution in [-0.4, -0.2) is 23.3 Å². The SMILES string of the molecule is COc1cccc(-c2cc(C(C)(C)C)c(O)c(C(=O)O)c2C)c1. The van der Waals surface area contributed by atoms with E-state index >= 15 is 0 Å². The number of hydrogen-bond acceptors (Lipinski definition) is 3. The monoisotopic (exact) mass is 314 g/mol. The van der Waals surface area contributed by atoms with E-state index in [2.05, 4.69) is 0 Å². The Balaban J connectivity index is 2.82. The first kappa shape index (κ1) is 16.9. The third kappa shape index (κ3) is 3.16. The zero-order valence-electron chi connectivity index (χ0n) is 14.1. The molecule has 0 amide bonds. The van der Waals surface area contributed by atoms with Crippen LogP contribution in [0.1, 0.15) is 42.3 Å². The van der Waals surface area contributed by atoms with Gasteiger partial charge in [0.25, 0.3) is 0 Å². The molecule has 0 saturated heterocycles. The van der Waals surface area contributed by atoms with E-state index in [9.17, 15) is 15.0 Å². The Hall–Kier alpha value is -2.49. The number of benzene rings is 2. The lowest BCUT2D eigenvalue weighted by molar-refractivity contribution is 0.0692. The van der Waals surface area contributed by atoms with Crippen LogP contribution >= 0.6 is 0 Å². The molecule has 0 aromatic heterocycles. The quantitative estimate of drug-likeness (QED) is 0.882. The summed E-state index contributed by atoms with van der Waals surface area (Å²) in [4.78, 5) is 11.6. The maximum Gasteiger partial charge on any atom is 0.339 e. The second-order valence-electron chi connectivity index (χ2n) is 6.61. The van der Waals surface area contributed by atoms with Gasteiger partial charge in [0, 0.05) is 5.56 Å². The Kier molecular flexibility index (Phi) is 4.37. The number of hydrogen-bond donors (Lipinski definition) is 2. The lowest BCUT2D eigenvalue weighted by atomic mass is 9.81. The zero-order valence-corrected chi connectivity index (χ0v) is 14.1. The van der Waals surface area contributed by atoms with Crippen molar-refractivity contribution in [3.8, 4) is 22.6 Å². The van der Waals surface area contributed by atoms with Crippen molar-refractivity contribution in [2.75, 3.05) is 7.11 Å². The molecule has 122 valence electrons. The highest BCUT2D eigenvalue weighted by molar-refractivity contribution is 5.96. The standard InChI is InChI=1S/C19H22O4/c1-11-14(12-7-6-8-13(9-12)23-5)10-15(19(2,3)4)17(20)16(11)18(21)22/h6-10,20H,1-5H3,(H,21,22). The van der Waals surface area contributed by atoms with Gasteiger partial charge in [0.1, 0.15) is 17.1 Å². The van der Waals surface area contributed by atoms with Crippen LogP contribution in [0, 0.1) is 6.92 Å². The third-order valence-corrected chi connectivity index (χ3v) is 3.96. The number of rotatable bonds is 3. The first-order chi connectivity index (χ1) is 10.7. The van der Waals surface area contributed by atoms with Gasteiger partial charge in [-0.15, -0.1) is 0 Å². The summed E-state index contributed by atoms with van der Waals surface area (Å²) in [5, 5.41) is 20.0. The van der Waals surface area contributed by atoms with Crippen molar-refractivity contribution in [1.82, 2.24) is 0 Å². The first-order valence-corrected chi connectivity index (χ1v) is 7.41. The molecule has 2 aromatic rings. The molecule has 0 fully saturated rings. The van der Waals surface area contributed by atoms with Gasteiger partial charge in [-0.25, -0.2) is 4.79 Å². The minimum absolute atomic E-state index is 0.0461. The van der Waals surface area contributed by atoms with Crippen molar-refractivity contribution < 1.29 is 19.7 Å². The molecule has 0 saturated carbocycles. The fourth-order valence-electron chi connectivity index (χ4n) is 2.69. The maximum atomic E-state index is 11.6. The minimum Gasteiger partial charge on any atom is -0.507 e. The van der Waals surface area contributed by atoms with E-state index in [4.69, 9.17) is 4.74 Å². The largest absolute Gasteiger partial charge is 0.507 e. The van der Waals surface area contributed by atoms with Gasteiger partial charge in [-0.3, -0.25) is 0 Å². The van der Waals surface area contributed by atoms with Crippen molar-refractivity contribution in [2.24, 2.45) is 0 Å². The number of carbonyl (C=O) groups is 1. The van der Waals surface area contributed by atoms with Gasteiger partial charge in [0.05, 0.1) is 7.11 Å². The minimum atomic E-state index is -1.13. The molecule has 4 heteroatoms. The Morgan fingerprint density at radius 2 is 1.83 bits per heavy atom. The van der Waals surface area contributed by atoms with Crippen molar-refractivity contribution in [3.63, 3.8) is 0 Å². The second kappa shape index (κ2) is 5.95. The number of aromatic hydroxyl groups is 1. The Morgan fingerprint density at radius 1 is 1.17 bits per heavy atom. The fourth-order valence-corrected chi connectivity index (χ4v) is 2.69. The third-order valence-electron chi connectivity index (χ3n) is 3.96. The van der Waals surface area contributed by atoms with E-state index in [1.54, 1.807) is 14.0 Å². The van der Waals surface area contributed by atoms with Crippen LogP contribution in [0.25, 0.3) is 11.1 Å². The predicted molar refractivity (Wildman–Crippen MR) is 90.5 cm³/mol. The molecule has 0 atom stereocenters. The molecule has 0 bridgehead atoms. The summed E-state index contributed by atoms with van der Waals surface area (Å²) < 4.78 is 5.25. The molecule has 0 unspecified atom stereocenters. The molecule has 4 nitrogen and oxygen atoms in total. The summed E-state index contributed by atoms with van der Waals surface area (Å²) in [6.07, 6.45) is 0. The summed E-state index contributed by atoms with van der Waals surface area (Å²) in [5.41, 5.74) is 2.36. The summed E-state index contributed by atoms with van der Waals surface area (Å²) in [5.74, 6) is -0.589. The lowest BCUT2D eigenvalue weighted by Gasteiger charge is -2.24. The lowest BCUT2D eigenvalue weighted by Crippen LogP contribution is -2.15. The highest BCUT2D eigenvalue weighted by Crippen LogP contribution is 2.40. The molecule has 0 aliphatic heterocycles. The molecular weight excluding hydrogens is 292 g/mol. The molecule has 2 rings (SSSR count). The van der Waals surface area contributed by atoms with E-state index in [0.29, 0.717) is 16.9 Å². The van der Waals surface area contributed by atoms with Crippen molar-refractivity contribution >= 4 is 5.97 Å². The van der Waals surface area contributed by atoms with Crippen LogP contribution in [0.15, 0.2) is 30.3 Å². The topological polar surface area (TPSA) is 66.8 Å². The van der Waals surface area contributed by atoms with Crippen LogP contribution in [0.5, 0.6) is 11.5 Å². The molecule has 23 heavy (non-hydrogen) atoms. The zero-order chi connectivity index (χ0) is 17.4. The smallest absolute Gasteiger partial charge is 0.339 e. The number of aromatic carboxylic acids is 1. The average molecular weight is 314 g/mol. The molecule has 0 heterocycles. The molecule has 0 radical (unpaired) electrons. The van der Waals surface area contributed by atoms with Crippen LogP contribution in [0.4, 0.5) is 0 Å². The Labute approximate surface area is 136 Å². The van der Waals surface area contributed by atoms with Crippen molar-refractivity contribution in [1.29, 1.82) is 0 Å². The Bertz CT molecular complexity index is 755. The summed E-state index contributed by atoms with van der Waals surface area (Å²) in [7, 11) is 1.59. The summed E-state index contributed by atoms with van der Waals surface area (Å²) >= 11 is 0. The second-order valence-corrected chi connectivity index (χ2v) is 6.61. The maximum absolute atomic E-state index is 11.6. The summed E-state index contributed by atoms with van der Waals surface area (Å²) in [6.45, 7) is 7.54. The van der Waals surface area contributed by atoms with Gasteiger partial charge >= 0.3 is 5.97 Å². The highest BCUT2D eigenvalue weighted by Gasteiger charge is 2.26. The number of ether oxygens (including phenoxy) is 1. The Morgan fingerprint density at radius 3 is 2.35 bits per heavy atom. The number of carboxylic acids is 1. The predicted octanol–water partition coefficient (Wildman–Crippen LogP) is 4.37. The van der Waals surface area contributed by atoms with Gasteiger partial charge in [-0.05, 0) is 47.2 Å². The van der Waals surface area contributed by atoms with Crippen LogP contribution in [-0.2, 0) is 5.41 Å². The van der Waals surface area contributed by atoms with Crippen LogP contribution in [0.2, 0.25) is 0 Å². The average Bonchev–Trinajstić information content (AvgIpc) is 2.45. The molecule has 2 aromatic carbocycles. The van der Waals surface area contributed by atoms with E-state index in [0.717, 1.165) is 11.1 Å². The van der Waals surface area contributed by atoms with E-state index in [-0.39, 0.29) is 16.7 Å². The molecule has 0 aliphatic carbocycles. The normalized spacial score (nSPS) is 11.3. The number of carboxylic acid groups (broad SMARTS) is 1. The highest BCUT2D eigenvalue weighted by atomic mass is 16.5. The van der Waals surface area contributed by atoms with Crippen LogP contribution in [0.3, 0.4) is 0 Å².